The van der Waals surface area contributed by atoms with Gasteiger partial charge in [-0.25, -0.2) is 0 Å². The highest BCUT2D eigenvalue weighted by atomic mass is 35.5. The highest BCUT2D eigenvalue weighted by molar-refractivity contribution is 7.80. The normalized spacial score (nSPS) is 10.1. The summed E-state index contributed by atoms with van der Waals surface area (Å²) in [6.45, 7) is 1.07. The SMILES string of the molecule is CN(C)CCS.O=Cc1cccc2c(Cl)ccc(C=O)c12. The molecule has 0 N–H and O–H groups in total. The van der Waals surface area contributed by atoms with Crippen LogP contribution >= 0.6 is 24.2 Å². The van der Waals surface area contributed by atoms with E-state index in [-0.39, 0.29) is 0 Å². The van der Waals surface area contributed by atoms with Crippen molar-refractivity contribution >= 4 is 47.6 Å². The zero-order valence-electron chi connectivity index (χ0n) is 12.0. The lowest BCUT2D eigenvalue weighted by Crippen LogP contribution is -2.13. The van der Waals surface area contributed by atoms with Crippen LogP contribution in [0.5, 0.6) is 0 Å². The number of carbonyl (C=O) groups is 2. The molecule has 2 aromatic carbocycles. The fourth-order valence-corrected chi connectivity index (χ4v) is 2.44. The van der Waals surface area contributed by atoms with Gasteiger partial charge in [0.25, 0.3) is 0 Å². The van der Waals surface area contributed by atoms with E-state index in [0.29, 0.717) is 21.5 Å². The van der Waals surface area contributed by atoms with Crippen LogP contribution in [0.4, 0.5) is 0 Å². The molecule has 0 fully saturated rings. The van der Waals surface area contributed by atoms with Gasteiger partial charge < -0.3 is 4.90 Å². The fraction of sp³-hybridized carbons (Fsp3) is 0.250. The van der Waals surface area contributed by atoms with Gasteiger partial charge in [0.05, 0.1) is 0 Å². The first-order valence-electron chi connectivity index (χ1n) is 6.42. The average Bonchev–Trinajstić information content (AvgIpc) is 2.48. The lowest BCUT2D eigenvalue weighted by atomic mass is 10.0. The van der Waals surface area contributed by atoms with Gasteiger partial charge in [0.1, 0.15) is 0 Å². The molecule has 0 aliphatic rings. The maximum Gasteiger partial charge on any atom is 0.150 e. The van der Waals surface area contributed by atoms with Crippen LogP contribution in [0.25, 0.3) is 10.8 Å². The van der Waals surface area contributed by atoms with Gasteiger partial charge in [-0.15, -0.1) is 0 Å². The minimum absolute atomic E-state index is 0.483. The third-order valence-corrected chi connectivity index (χ3v) is 3.38. The molecule has 0 saturated carbocycles. The minimum atomic E-state index is 0.483. The Bertz CT molecular complexity index is 615. The standard InChI is InChI=1S/C12H7ClO2.C4H11NS/c13-11-5-4-9(7-15)12-8(6-14)2-1-3-10(11)12;1-5(2)3-4-6/h1-7H;6H,3-4H2,1-2H3. The molecule has 21 heavy (non-hydrogen) atoms. The molecule has 0 unspecified atom stereocenters. The molecule has 0 spiro atoms. The van der Waals surface area contributed by atoms with Gasteiger partial charge >= 0.3 is 0 Å². The van der Waals surface area contributed by atoms with Crippen LogP contribution in [0.3, 0.4) is 0 Å². The van der Waals surface area contributed by atoms with Crippen molar-refractivity contribution in [1.29, 1.82) is 0 Å². The quantitative estimate of drug-likeness (QED) is 0.690. The topological polar surface area (TPSA) is 37.4 Å². The van der Waals surface area contributed by atoms with Crippen molar-refractivity contribution in [3.05, 3.63) is 46.5 Å². The molecule has 5 heteroatoms. The molecular weight excluding hydrogens is 306 g/mol. The van der Waals surface area contributed by atoms with Gasteiger partial charge in [0, 0.05) is 39.2 Å². The number of nitrogens with zero attached hydrogens (tertiary/aromatic N) is 1. The molecule has 112 valence electrons. The molecule has 2 rings (SSSR count). The van der Waals surface area contributed by atoms with Gasteiger partial charge in [-0.1, -0.05) is 29.8 Å². The Balaban J connectivity index is 0.000000315. The summed E-state index contributed by atoms with van der Waals surface area (Å²) in [5, 5.41) is 1.89. The number of thiol groups is 1. The number of benzene rings is 2. The first-order valence-corrected chi connectivity index (χ1v) is 7.43. The van der Waals surface area contributed by atoms with Crippen LogP contribution < -0.4 is 0 Å². The number of halogens is 1. The van der Waals surface area contributed by atoms with Crippen LogP contribution in [0.15, 0.2) is 30.3 Å². The summed E-state index contributed by atoms with van der Waals surface area (Å²) in [5.74, 6) is 0.951. The van der Waals surface area contributed by atoms with Crippen LogP contribution in [0.2, 0.25) is 5.02 Å². The summed E-state index contributed by atoms with van der Waals surface area (Å²) >= 11 is 10.0. The smallest absolute Gasteiger partial charge is 0.150 e. The van der Waals surface area contributed by atoms with E-state index in [0.717, 1.165) is 30.3 Å². The largest absolute Gasteiger partial charge is 0.309 e. The van der Waals surface area contributed by atoms with Crippen LogP contribution in [-0.4, -0.2) is 43.9 Å². The van der Waals surface area contributed by atoms with E-state index in [2.05, 4.69) is 17.5 Å². The molecular formula is C16H18ClNO2S. The van der Waals surface area contributed by atoms with E-state index in [1.54, 1.807) is 30.3 Å². The number of hydrogen-bond donors (Lipinski definition) is 1. The van der Waals surface area contributed by atoms with Gasteiger partial charge in [-0.05, 0) is 26.2 Å². The predicted molar refractivity (Wildman–Crippen MR) is 92.1 cm³/mol. The maximum absolute atomic E-state index is 10.8. The van der Waals surface area contributed by atoms with Gasteiger partial charge in [-0.2, -0.15) is 12.6 Å². The van der Waals surface area contributed by atoms with Crippen molar-refractivity contribution in [1.82, 2.24) is 4.90 Å². The summed E-state index contributed by atoms with van der Waals surface area (Å²) in [6, 6.07) is 8.47. The van der Waals surface area contributed by atoms with E-state index in [1.165, 1.54) is 0 Å². The maximum atomic E-state index is 10.8. The average molecular weight is 324 g/mol. The van der Waals surface area contributed by atoms with Crippen molar-refractivity contribution < 1.29 is 9.59 Å². The van der Waals surface area contributed by atoms with Crippen LogP contribution in [0, 0.1) is 0 Å². The second kappa shape index (κ2) is 8.82. The highest BCUT2D eigenvalue weighted by Gasteiger charge is 2.07. The van der Waals surface area contributed by atoms with Gasteiger partial charge in [-0.3, -0.25) is 9.59 Å². The Morgan fingerprint density at radius 2 is 1.71 bits per heavy atom. The molecule has 0 aromatic heterocycles. The second-order valence-electron chi connectivity index (χ2n) is 4.67. The third kappa shape index (κ3) is 4.84. The molecule has 0 aliphatic carbocycles. The van der Waals surface area contributed by atoms with Crippen molar-refractivity contribution in [3.63, 3.8) is 0 Å². The summed E-state index contributed by atoms with van der Waals surface area (Å²) in [4.78, 5) is 23.8. The minimum Gasteiger partial charge on any atom is -0.309 e. The van der Waals surface area contributed by atoms with Gasteiger partial charge in [0.2, 0.25) is 0 Å². The van der Waals surface area contributed by atoms with E-state index < -0.39 is 0 Å². The highest BCUT2D eigenvalue weighted by Crippen LogP contribution is 2.27. The molecule has 0 atom stereocenters. The third-order valence-electron chi connectivity index (χ3n) is 2.85. The van der Waals surface area contributed by atoms with Crippen molar-refractivity contribution in [2.45, 2.75) is 0 Å². The van der Waals surface area contributed by atoms with E-state index in [9.17, 15) is 9.59 Å². The molecule has 0 saturated heterocycles. The first kappa shape index (κ1) is 17.7. The van der Waals surface area contributed by atoms with Crippen molar-refractivity contribution in [2.75, 3.05) is 26.4 Å². The number of hydrogen-bond acceptors (Lipinski definition) is 4. The summed E-state index contributed by atoms with van der Waals surface area (Å²) in [6.07, 6.45) is 1.46. The summed E-state index contributed by atoms with van der Waals surface area (Å²) in [7, 11) is 4.08. The lowest BCUT2D eigenvalue weighted by Gasteiger charge is -2.05. The molecule has 0 bridgehead atoms. The molecule has 2 aromatic rings. The Morgan fingerprint density at radius 3 is 2.19 bits per heavy atom. The number of rotatable bonds is 4. The predicted octanol–water partition coefficient (Wildman–Crippen LogP) is 3.60. The van der Waals surface area contributed by atoms with Crippen molar-refractivity contribution in [2.24, 2.45) is 0 Å². The number of fused-ring (bicyclic) bond motifs is 1. The van der Waals surface area contributed by atoms with E-state index >= 15 is 0 Å². The monoisotopic (exact) mass is 323 g/mol. The Labute approximate surface area is 135 Å². The van der Waals surface area contributed by atoms with E-state index in [4.69, 9.17) is 11.6 Å². The van der Waals surface area contributed by atoms with Crippen molar-refractivity contribution in [3.8, 4) is 0 Å². The fourth-order valence-electron chi connectivity index (χ4n) is 1.82. The second-order valence-corrected chi connectivity index (χ2v) is 5.52. The molecule has 0 amide bonds. The number of carbonyl (C=O) groups excluding carboxylic acids is 2. The first-order chi connectivity index (χ1) is 10.0. The number of aldehydes is 2. The van der Waals surface area contributed by atoms with E-state index in [1.807, 2.05) is 14.1 Å². The molecule has 3 nitrogen and oxygen atoms in total. The Morgan fingerprint density at radius 1 is 1.10 bits per heavy atom. The molecule has 0 aliphatic heterocycles. The molecule has 0 radical (unpaired) electrons. The molecule has 0 heterocycles. The Hall–Kier alpha value is -1.36. The zero-order chi connectivity index (χ0) is 15.8. The lowest BCUT2D eigenvalue weighted by molar-refractivity contribution is 0.112. The summed E-state index contributed by atoms with van der Waals surface area (Å²) in [5.41, 5.74) is 0.967. The summed E-state index contributed by atoms with van der Waals surface area (Å²) < 4.78 is 0. The zero-order valence-corrected chi connectivity index (χ0v) is 13.7. The van der Waals surface area contributed by atoms with Gasteiger partial charge in [0.15, 0.2) is 12.6 Å². The Kier molecular flexibility index (Phi) is 7.43. The van der Waals surface area contributed by atoms with Crippen LogP contribution in [0.1, 0.15) is 20.7 Å². The van der Waals surface area contributed by atoms with Crippen LogP contribution in [-0.2, 0) is 0 Å².